The van der Waals surface area contributed by atoms with Crippen molar-refractivity contribution in [2.24, 2.45) is 0 Å². The van der Waals surface area contributed by atoms with Gasteiger partial charge in [-0.1, -0.05) is 18.2 Å². The van der Waals surface area contributed by atoms with E-state index < -0.39 is 24.4 Å². The summed E-state index contributed by atoms with van der Waals surface area (Å²) < 4.78 is 15.5. The van der Waals surface area contributed by atoms with Gasteiger partial charge in [-0.15, -0.1) is 0 Å². The van der Waals surface area contributed by atoms with E-state index in [-0.39, 0.29) is 6.54 Å². The molecule has 0 aliphatic carbocycles. The molecule has 0 aromatic heterocycles. The second-order valence-corrected chi connectivity index (χ2v) is 6.02. The lowest BCUT2D eigenvalue weighted by Crippen LogP contribution is -2.32. The van der Waals surface area contributed by atoms with Gasteiger partial charge in [0.25, 0.3) is 11.8 Å². The van der Waals surface area contributed by atoms with Crippen LogP contribution >= 0.6 is 0 Å². The summed E-state index contributed by atoms with van der Waals surface area (Å²) in [5.74, 6) is -0.809. The minimum Gasteiger partial charge on any atom is -0.495 e. The van der Waals surface area contributed by atoms with Crippen molar-refractivity contribution in [2.75, 3.05) is 32.2 Å². The summed E-state index contributed by atoms with van der Waals surface area (Å²) >= 11 is 0. The van der Waals surface area contributed by atoms with Crippen LogP contribution in [0.5, 0.6) is 11.5 Å². The van der Waals surface area contributed by atoms with Crippen molar-refractivity contribution in [1.29, 1.82) is 0 Å². The highest BCUT2D eigenvalue weighted by Crippen LogP contribution is 2.25. The lowest BCUT2D eigenvalue weighted by Gasteiger charge is -2.12. The maximum atomic E-state index is 12.2. The molecule has 0 spiro atoms. The number of benzene rings is 2. The van der Waals surface area contributed by atoms with E-state index in [2.05, 4.69) is 10.6 Å². The number of rotatable bonds is 9. The van der Waals surface area contributed by atoms with Gasteiger partial charge >= 0.3 is 5.97 Å². The van der Waals surface area contributed by atoms with Crippen molar-refractivity contribution in [3.63, 3.8) is 0 Å². The molecule has 29 heavy (non-hydrogen) atoms. The molecule has 0 saturated heterocycles. The van der Waals surface area contributed by atoms with Crippen molar-refractivity contribution in [3.8, 4) is 11.5 Å². The third kappa shape index (κ3) is 6.53. The van der Waals surface area contributed by atoms with Gasteiger partial charge in [-0.3, -0.25) is 14.4 Å². The Morgan fingerprint density at radius 2 is 1.79 bits per heavy atom. The fraction of sp³-hybridized carbons (Fsp3) is 0.286. The third-order valence-electron chi connectivity index (χ3n) is 3.82. The molecule has 0 radical (unpaired) electrons. The van der Waals surface area contributed by atoms with E-state index in [1.165, 1.54) is 7.11 Å². The fourth-order valence-electron chi connectivity index (χ4n) is 2.49. The summed E-state index contributed by atoms with van der Waals surface area (Å²) in [5, 5.41) is 5.08. The minimum absolute atomic E-state index is 0.312. The van der Waals surface area contributed by atoms with Crippen LogP contribution in [0, 0.1) is 6.92 Å². The van der Waals surface area contributed by atoms with Crippen molar-refractivity contribution >= 4 is 23.5 Å². The Morgan fingerprint density at radius 3 is 2.52 bits per heavy atom. The zero-order valence-corrected chi connectivity index (χ0v) is 16.6. The number of hydrogen-bond donors (Lipinski definition) is 2. The zero-order chi connectivity index (χ0) is 21.2. The molecule has 0 fully saturated rings. The summed E-state index contributed by atoms with van der Waals surface area (Å²) in [5.41, 5.74) is 1.73. The quantitative estimate of drug-likeness (QED) is 0.626. The number of aryl methyl sites for hydroxylation is 1. The summed E-state index contributed by atoms with van der Waals surface area (Å²) in [7, 11) is 1.49. The zero-order valence-electron chi connectivity index (χ0n) is 16.6. The van der Waals surface area contributed by atoms with Crippen LogP contribution in [-0.2, 0) is 14.3 Å². The number of carbonyl (C=O) groups is 3. The lowest BCUT2D eigenvalue weighted by atomic mass is 10.2. The molecular weight excluding hydrogens is 376 g/mol. The van der Waals surface area contributed by atoms with Crippen LogP contribution < -0.4 is 20.1 Å². The van der Waals surface area contributed by atoms with Gasteiger partial charge in [0.2, 0.25) is 0 Å². The summed E-state index contributed by atoms with van der Waals surface area (Å²) in [6.45, 7) is 3.24. The Labute approximate surface area is 169 Å². The summed E-state index contributed by atoms with van der Waals surface area (Å²) in [4.78, 5) is 36.1. The van der Waals surface area contributed by atoms with E-state index in [4.69, 9.17) is 14.2 Å². The highest BCUT2D eigenvalue weighted by Gasteiger charge is 2.15. The topological polar surface area (TPSA) is 103 Å². The van der Waals surface area contributed by atoms with Crippen molar-refractivity contribution < 1.29 is 28.6 Å². The second kappa shape index (κ2) is 10.7. The highest BCUT2D eigenvalue weighted by molar-refractivity contribution is 5.98. The normalized spacial score (nSPS) is 10.0. The number of carbonyl (C=O) groups excluding carboxylic acids is 3. The molecule has 2 aromatic carbocycles. The first-order chi connectivity index (χ1) is 13.9. The van der Waals surface area contributed by atoms with Crippen LogP contribution in [0.3, 0.4) is 0 Å². The van der Waals surface area contributed by atoms with E-state index in [9.17, 15) is 14.4 Å². The first-order valence-corrected chi connectivity index (χ1v) is 9.04. The third-order valence-corrected chi connectivity index (χ3v) is 3.82. The Hall–Kier alpha value is -3.55. The van der Waals surface area contributed by atoms with Gasteiger partial charge in [0.15, 0.2) is 6.61 Å². The number of nitrogens with one attached hydrogen (secondary N) is 2. The molecule has 2 rings (SSSR count). The fourth-order valence-corrected chi connectivity index (χ4v) is 2.49. The lowest BCUT2D eigenvalue weighted by molar-refractivity contribution is -0.146. The van der Waals surface area contributed by atoms with Gasteiger partial charge in [-0.25, -0.2) is 0 Å². The SMILES string of the molecule is CCOc1ccccc1C(=O)NCC(=O)OCC(=O)Nc1cc(C)ccc1OC. The molecule has 0 atom stereocenters. The summed E-state index contributed by atoms with van der Waals surface area (Å²) in [6.07, 6.45) is 0. The van der Waals surface area contributed by atoms with Gasteiger partial charge in [0.1, 0.15) is 18.0 Å². The van der Waals surface area contributed by atoms with Crippen LogP contribution in [0.1, 0.15) is 22.8 Å². The van der Waals surface area contributed by atoms with E-state index in [0.717, 1.165) is 5.56 Å². The molecule has 0 aliphatic rings. The molecule has 2 N–H and O–H groups in total. The van der Waals surface area contributed by atoms with Crippen molar-refractivity contribution in [1.82, 2.24) is 5.32 Å². The molecule has 0 bridgehead atoms. The number of para-hydroxylation sites is 1. The van der Waals surface area contributed by atoms with Crippen LogP contribution in [0.25, 0.3) is 0 Å². The predicted molar refractivity (Wildman–Crippen MR) is 107 cm³/mol. The molecule has 2 aromatic rings. The molecule has 8 heteroatoms. The van der Waals surface area contributed by atoms with Gasteiger partial charge in [0, 0.05) is 0 Å². The monoisotopic (exact) mass is 400 g/mol. The smallest absolute Gasteiger partial charge is 0.325 e. The van der Waals surface area contributed by atoms with Crippen LogP contribution in [-0.4, -0.2) is 44.7 Å². The Bertz CT molecular complexity index is 881. The van der Waals surface area contributed by atoms with Gasteiger partial charge in [0.05, 0.1) is 25.0 Å². The largest absolute Gasteiger partial charge is 0.495 e. The van der Waals surface area contributed by atoms with Gasteiger partial charge in [-0.05, 0) is 43.7 Å². The van der Waals surface area contributed by atoms with Crippen LogP contribution in [0.15, 0.2) is 42.5 Å². The molecule has 0 unspecified atom stereocenters. The number of hydrogen-bond acceptors (Lipinski definition) is 6. The Kier molecular flexibility index (Phi) is 8.02. The van der Waals surface area contributed by atoms with Gasteiger partial charge in [-0.2, -0.15) is 0 Å². The first kappa shape index (κ1) is 21.7. The second-order valence-electron chi connectivity index (χ2n) is 6.02. The Morgan fingerprint density at radius 1 is 1.03 bits per heavy atom. The molecule has 154 valence electrons. The standard InChI is InChI=1S/C21H24N2O6/c1-4-28-17-8-6-5-7-15(17)21(26)22-12-20(25)29-13-19(24)23-16-11-14(2)9-10-18(16)27-3/h5-11H,4,12-13H2,1-3H3,(H,22,26)(H,23,24). The number of ether oxygens (including phenoxy) is 3. The highest BCUT2D eigenvalue weighted by atomic mass is 16.5. The average Bonchev–Trinajstić information content (AvgIpc) is 2.71. The van der Waals surface area contributed by atoms with Crippen LogP contribution in [0.2, 0.25) is 0 Å². The van der Waals surface area contributed by atoms with Crippen LogP contribution in [0.4, 0.5) is 5.69 Å². The first-order valence-electron chi connectivity index (χ1n) is 9.04. The molecular formula is C21H24N2O6. The molecule has 2 amide bonds. The predicted octanol–water partition coefficient (Wildman–Crippen LogP) is 2.31. The van der Waals surface area contributed by atoms with E-state index in [0.29, 0.717) is 29.4 Å². The molecule has 0 saturated carbocycles. The minimum atomic E-state index is -0.737. The number of anilines is 1. The molecule has 0 aliphatic heterocycles. The molecule has 8 nitrogen and oxygen atoms in total. The average molecular weight is 400 g/mol. The maximum absolute atomic E-state index is 12.2. The van der Waals surface area contributed by atoms with Crippen molar-refractivity contribution in [2.45, 2.75) is 13.8 Å². The van der Waals surface area contributed by atoms with Crippen molar-refractivity contribution in [3.05, 3.63) is 53.6 Å². The van der Waals surface area contributed by atoms with E-state index in [1.54, 1.807) is 36.4 Å². The van der Waals surface area contributed by atoms with Gasteiger partial charge < -0.3 is 24.8 Å². The van der Waals surface area contributed by atoms with E-state index in [1.807, 2.05) is 19.9 Å². The van der Waals surface area contributed by atoms with E-state index >= 15 is 0 Å². The molecule has 0 heterocycles. The number of esters is 1. The Balaban J connectivity index is 1.82. The number of methoxy groups -OCH3 is 1. The summed E-state index contributed by atoms with van der Waals surface area (Å²) in [6, 6.07) is 12.0. The maximum Gasteiger partial charge on any atom is 0.325 e. The number of amides is 2.